The predicted molar refractivity (Wildman–Crippen MR) is 61.5 cm³/mol. The summed E-state index contributed by atoms with van der Waals surface area (Å²) in [4.78, 5) is 1.31. The minimum absolute atomic E-state index is 0.0162. The van der Waals surface area contributed by atoms with Crippen LogP contribution >= 0.6 is 11.3 Å². The molecule has 0 aliphatic carbocycles. The molecule has 1 heterocycles. The van der Waals surface area contributed by atoms with Crippen molar-refractivity contribution in [3.05, 3.63) is 57.8 Å². The number of benzene rings is 1. The van der Waals surface area contributed by atoms with Crippen molar-refractivity contribution in [2.75, 3.05) is 0 Å². The second-order valence-corrected chi connectivity index (χ2v) is 4.44. The van der Waals surface area contributed by atoms with Gasteiger partial charge in [-0.2, -0.15) is 0 Å². The van der Waals surface area contributed by atoms with Gasteiger partial charge in [-0.05, 0) is 29.5 Å². The first kappa shape index (κ1) is 9.44. The van der Waals surface area contributed by atoms with E-state index in [1.165, 1.54) is 16.0 Å². The van der Waals surface area contributed by atoms with Gasteiger partial charge in [0.1, 0.15) is 0 Å². The van der Waals surface area contributed by atoms with Crippen molar-refractivity contribution in [3.63, 3.8) is 0 Å². The van der Waals surface area contributed by atoms with Gasteiger partial charge in [-0.1, -0.05) is 30.3 Å². The molecule has 0 fully saturated rings. The highest BCUT2D eigenvalue weighted by Gasteiger charge is 2.11. The van der Waals surface area contributed by atoms with Crippen LogP contribution in [0.2, 0.25) is 0 Å². The highest BCUT2D eigenvalue weighted by molar-refractivity contribution is 7.10. The van der Waals surface area contributed by atoms with Crippen LogP contribution in [0.15, 0.2) is 41.8 Å². The molecule has 1 unspecified atom stereocenters. The summed E-state index contributed by atoms with van der Waals surface area (Å²) >= 11 is 1.75. The summed E-state index contributed by atoms with van der Waals surface area (Å²) in [6.07, 6.45) is 0. The molecule has 0 saturated heterocycles. The largest absolute Gasteiger partial charge is 0.320 e. The van der Waals surface area contributed by atoms with Gasteiger partial charge >= 0.3 is 0 Å². The fourth-order valence-electron chi connectivity index (χ4n) is 1.56. The Morgan fingerprint density at radius 1 is 1.14 bits per heavy atom. The van der Waals surface area contributed by atoms with Gasteiger partial charge in [-0.3, -0.25) is 0 Å². The zero-order chi connectivity index (χ0) is 9.97. The van der Waals surface area contributed by atoms with Crippen molar-refractivity contribution in [2.24, 2.45) is 5.73 Å². The second-order valence-electron chi connectivity index (χ2n) is 3.32. The molecule has 2 aromatic rings. The molecule has 72 valence electrons. The molecule has 2 rings (SSSR count). The van der Waals surface area contributed by atoms with Crippen LogP contribution in [-0.4, -0.2) is 0 Å². The van der Waals surface area contributed by atoms with Crippen LogP contribution in [0.4, 0.5) is 0 Å². The second kappa shape index (κ2) is 3.95. The molecule has 0 aliphatic rings. The summed E-state index contributed by atoms with van der Waals surface area (Å²) in [5.41, 5.74) is 8.58. The number of hydrogen-bond acceptors (Lipinski definition) is 2. The standard InChI is InChI=1S/C12H13NS/c1-9-11(7-8-14-9)12(13)10-5-3-2-4-6-10/h2-8,12H,13H2,1H3. The Morgan fingerprint density at radius 3 is 2.43 bits per heavy atom. The van der Waals surface area contributed by atoms with Gasteiger partial charge in [0.25, 0.3) is 0 Å². The molecule has 2 heteroatoms. The quantitative estimate of drug-likeness (QED) is 0.797. The zero-order valence-electron chi connectivity index (χ0n) is 8.10. The third-order valence-electron chi connectivity index (χ3n) is 2.39. The lowest BCUT2D eigenvalue weighted by Crippen LogP contribution is -2.11. The van der Waals surface area contributed by atoms with Crippen LogP contribution < -0.4 is 5.73 Å². The Bertz CT molecular complexity index is 405. The summed E-state index contributed by atoms with van der Waals surface area (Å²) in [5, 5.41) is 2.09. The summed E-state index contributed by atoms with van der Waals surface area (Å²) < 4.78 is 0. The van der Waals surface area contributed by atoms with Gasteiger partial charge in [0, 0.05) is 4.88 Å². The Kier molecular flexibility index (Phi) is 2.66. The molecule has 0 radical (unpaired) electrons. The van der Waals surface area contributed by atoms with Gasteiger partial charge in [0.2, 0.25) is 0 Å². The first-order valence-electron chi connectivity index (χ1n) is 4.63. The zero-order valence-corrected chi connectivity index (χ0v) is 8.92. The van der Waals surface area contributed by atoms with Gasteiger partial charge in [-0.25, -0.2) is 0 Å². The van der Waals surface area contributed by atoms with Crippen molar-refractivity contribution in [1.29, 1.82) is 0 Å². The highest BCUT2D eigenvalue weighted by Crippen LogP contribution is 2.25. The smallest absolute Gasteiger partial charge is 0.0562 e. The molecule has 1 atom stereocenters. The fraction of sp³-hybridized carbons (Fsp3) is 0.167. The maximum atomic E-state index is 6.17. The lowest BCUT2D eigenvalue weighted by atomic mass is 10.0. The maximum absolute atomic E-state index is 6.17. The van der Waals surface area contributed by atoms with E-state index < -0.39 is 0 Å². The molecule has 1 nitrogen and oxygen atoms in total. The average Bonchev–Trinajstić information content (AvgIpc) is 2.65. The molecule has 2 N–H and O–H groups in total. The Labute approximate surface area is 88.2 Å². The van der Waals surface area contributed by atoms with E-state index in [1.54, 1.807) is 11.3 Å². The molecule has 1 aromatic heterocycles. The van der Waals surface area contributed by atoms with Crippen molar-refractivity contribution in [3.8, 4) is 0 Å². The molecular formula is C12H13NS. The van der Waals surface area contributed by atoms with Crippen LogP contribution in [0.5, 0.6) is 0 Å². The fourth-order valence-corrected chi connectivity index (χ4v) is 2.31. The third-order valence-corrected chi connectivity index (χ3v) is 3.25. The number of aryl methyl sites for hydroxylation is 1. The molecule has 0 aliphatic heterocycles. The summed E-state index contributed by atoms with van der Waals surface area (Å²) in [6.45, 7) is 2.11. The van der Waals surface area contributed by atoms with Gasteiger partial charge in [-0.15, -0.1) is 11.3 Å². The Balaban J connectivity index is 2.34. The van der Waals surface area contributed by atoms with E-state index >= 15 is 0 Å². The predicted octanol–water partition coefficient (Wildman–Crippen LogP) is 3.10. The van der Waals surface area contributed by atoms with Crippen LogP contribution in [0.1, 0.15) is 22.0 Å². The Morgan fingerprint density at radius 2 is 1.86 bits per heavy atom. The van der Waals surface area contributed by atoms with E-state index in [4.69, 9.17) is 5.73 Å². The van der Waals surface area contributed by atoms with Crippen LogP contribution in [0, 0.1) is 6.92 Å². The lowest BCUT2D eigenvalue weighted by Gasteiger charge is -2.11. The minimum Gasteiger partial charge on any atom is -0.320 e. The number of nitrogens with two attached hydrogens (primary N) is 1. The summed E-state index contributed by atoms with van der Waals surface area (Å²) in [7, 11) is 0. The third kappa shape index (κ3) is 1.72. The van der Waals surface area contributed by atoms with E-state index in [1.807, 2.05) is 18.2 Å². The molecule has 14 heavy (non-hydrogen) atoms. The molecule has 0 saturated carbocycles. The summed E-state index contributed by atoms with van der Waals surface area (Å²) in [6, 6.07) is 12.3. The number of thiophene rings is 1. The average molecular weight is 203 g/mol. The topological polar surface area (TPSA) is 26.0 Å². The monoisotopic (exact) mass is 203 g/mol. The Hall–Kier alpha value is -1.12. The molecular weight excluding hydrogens is 190 g/mol. The highest BCUT2D eigenvalue weighted by atomic mass is 32.1. The van der Waals surface area contributed by atoms with E-state index in [0.717, 1.165) is 0 Å². The number of hydrogen-bond donors (Lipinski definition) is 1. The van der Waals surface area contributed by atoms with E-state index in [-0.39, 0.29) is 6.04 Å². The van der Waals surface area contributed by atoms with Crippen LogP contribution in [0.3, 0.4) is 0 Å². The van der Waals surface area contributed by atoms with Crippen molar-refractivity contribution < 1.29 is 0 Å². The molecule has 0 spiro atoms. The van der Waals surface area contributed by atoms with E-state index in [9.17, 15) is 0 Å². The van der Waals surface area contributed by atoms with Crippen molar-refractivity contribution >= 4 is 11.3 Å². The summed E-state index contributed by atoms with van der Waals surface area (Å²) in [5.74, 6) is 0. The molecule has 0 amide bonds. The van der Waals surface area contributed by atoms with Gasteiger partial charge < -0.3 is 5.73 Å². The minimum atomic E-state index is 0.0162. The molecule has 0 bridgehead atoms. The van der Waals surface area contributed by atoms with Crippen LogP contribution in [-0.2, 0) is 0 Å². The first-order chi connectivity index (χ1) is 6.79. The van der Waals surface area contributed by atoms with E-state index in [2.05, 4.69) is 30.5 Å². The maximum Gasteiger partial charge on any atom is 0.0562 e. The lowest BCUT2D eigenvalue weighted by molar-refractivity contribution is 0.869. The van der Waals surface area contributed by atoms with Crippen LogP contribution in [0.25, 0.3) is 0 Å². The SMILES string of the molecule is Cc1sccc1C(N)c1ccccc1. The number of rotatable bonds is 2. The molecule has 1 aromatic carbocycles. The van der Waals surface area contributed by atoms with Crippen molar-refractivity contribution in [1.82, 2.24) is 0 Å². The van der Waals surface area contributed by atoms with Crippen molar-refractivity contribution in [2.45, 2.75) is 13.0 Å². The first-order valence-corrected chi connectivity index (χ1v) is 5.51. The van der Waals surface area contributed by atoms with Gasteiger partial charge in [0.15, 0.2) is 0 Å². The van der Waals surface area contributed by atoms with E-state index in [0.29, 0.717) is 0 Å². The normalized spacial score (nSPS) is 12.7. The van der Waals surface area contributed by atoms with Gasteiger partial charge in [0.05, 0.1) is 6.04 Å².